The summed E-state index contributed by atoms with van der Waals surface area (Å²) >= 11 is 0. The number of carbonyl (C=O) groups is 1. The van der Waals surface area contributed by atoms with Crippen molar-refractivity contribution in [2.45, 2.75) is 58.1 Å². The van der Waals surface area contributed by atoms with Gasteiger partial charge in [0.25, 0.3) is 0 Å². The molecule has 2 fully saturated rings. The molecule has 2 atom stereocenters. The van der Waals surface area contributed by atoms with Crippen LogP contribution in [0.3, 0.4) is 0 Å². The monoisotopic (exact) mass is 211 g/mol. The molecule has 0 aromatic rings. The Kier molecular flexibility index (Phi) is 2.65. The zero-order chi connectivity index (χ0) is 11.1. The molecule has 2 unspecified atom stereocenters. The molecule has 2 bridgehead atoms. The molecular formula is C12H21NO2. The summed E-state index contributed by atoms with van der Waals surface area (Å²) in [5.74, 6) is 0.733. The van der Waals surface area contributed by atoms with Gasteiger partial charge in [-0.3, -0.25) is 0 Å². The van der Waals surface area contributed by atoms with Crippen LogP contribution in [0.15, 0.2) is 0 Å². The molecule has 86 valence electrons. The van der Waals surface area contributed by atoms with Crippen molar-refractivity contribution < 1.29 is 9.53 Å². The number of fused-ring (bicyclic) bond motifs is 2. The van der Waals surface area contributed by atoms with Crippen LogP contribution in [-0.4, -0.2) is 29.2 Å². The van der Waals surface area contributed by atoms with Gasteiger partial charge in [0, 0.05) is 12.6 Å². The minimum atomic E-state index is -0.367. The van der Waals surface area contributed by atoms with Gasteiger partial charge in [-0.05, 0) is 46.0 Å². The third-order valence-corrected chi connectivity index (χ3v) is 3.28. The highest BCUT2D eigenvalue weighted by atomic mass is 16.6. The number of carbonyl (C=O) groups excluding carboxylic acids is 1. The van der Waals surface area contributed by atoms with E-state index in [1.807, 2.05) is 25.7 Å². The number of rotatable bonds is 0. The Balaban J connectivity index is 1.96. The van der Waals surface area contributed by atoms with Crippen molar-refractivity contribution in [3.8, 4) is 0 Å². The first-order chi connectivity index (χ1) is 6.96. The summed E-state index contributed by atoms with van der Waals surface area (Å²) in [4.78, 5) is 13.9. The molecule has 0 aromatic heterocycles. The Hall–Kier alpha value is -0.730. The second-order valence-corrected chi connectivity index (χ2v) is 5.82. The summed E-state index contributed by atoms with van der Waals surface area (Å²) < 4.78 is 5.42. The van der Waals surface area contributed by atoms with Crippen molar-refractivity contribution in [1.29, 1.82) is 0 Å². The lowest BCUT2D eigenvalue weighted by Gasteiger charge is -2.28. The molecule has 3 nitrogen and oxygen atoms in total. The first-order valence-corrected chi connectivity index (χ1v) is 5.95. The molecule has 1 saturated heterocycles. The maximum absolute atomic E-state index is 11.9. The predicted molar refractivity (Wildman–Crippen MR) is 58.7 cm³/mol. The smallest absolute Gasteiger partial charge is 0.410 e. The van der Waals surface area contributed by atoms with Crippen LogP contribution in [0.5, 0.6) is 0 Å². The van der Waals surface area contributed by atoms with E-state index in [2.05, 4.69) is 0 Å². The van der Waals surface area contributed by atoms with Crippen LogP contribution < -0.4 is 0 Å². The van der Waals surface area contributed by atoms with Crippen molar-refractivity contribution >= 4 is 6.09 Å². The fourth-order valence-electron chi connectivity index (χ4n) is 2.68. The quantitative estimate of drug-likeness (QED) is 0.616. The SMILES string of the molecule is CC(C)(C)OC(=O)N1CC2CCCC1C2. The topological polar surface area (TPSA) is 29.5 Å². The molecule has 2 aliphatic rings. The lowest BCUT2D eigenvalue weighted by atomic mass is 9.91. The van der Waals surface area contributed by atoms with Gasteiger partial charge < -0.3 is 9.64 Å². The zero-order valence-corrected chi connectivity index (χ0v) is 9.95. The maximum atomic E-state index is 11.9. The number of nitrogens with zero attached hydrogens (tertiary/aromatic N) is 1. The van der Waals surface area contributed by atoms with Crippen LogP contribution in [-0.2, 0) is 4.74 Å². The van der Waals surface area contributed by atoms with E-state index in [0.717, 1.165) is 18.9 Å². The fourth-order valence-corrected chi connectivity index (χ4v) is 2.68. The molecule has 1 saturated carbocycles. The number of likely N-dealkylation sites (tertiary alicyclic amines) is 1. The normalized spacial score (nSPS) is 30.5. The summed E-state index contributed by atoms with van der Waals surface area (Å²) in [5, 5.41) is 0. The zero-order valence-electron chi connectivity index (χ0n) is 9.95. The molecule has 1 amide bonds. The van der Waals surface area contributed by atoms with Crippen molar-refractivity contribution in [1.82, 2.24) is 4.90 Å². The number of hydrogen-bond acceptors (Lipinski definition) is 2. The van der Waals surface area contributed by atoms with Gasteiger partial charge in [-0.25, -0.2) is 4.79 Å². The number of ether oxygens (including phenoxy) is 1. The summed E-state index contributed by atoms with van der Waals surface area (Å²) in [6.45, 7) is 6.69. The molecule has 1 heterocycles. The molecule has 2 rings (SSSR count). The Morgan fingerprint density at radius 1 is 1.33 bits per heavy atom. The molecule has 0 radical (unpaired) electrons. The van der Waals surface area contributed by atoms with Gasteiger partial charge in [-0.15, -0.1) is 0 Å². The summed E-state index contributed by atoms with van der Waals surface area (Å²) in [5.41, 5.74) is -0.367. The molecule has 0 aromatic carbocycles. The molecule has 0 spiro atoms. The first kappa shape index (κ1) is 10.8. The first-order valence-electron chi connectivity index (χ1n) is 5.95. The van der Waals surface area contributed by atoms with E-state index in [1.54, 1.807) is 0 Å². The van der Waals surface area contributed by atoms with Gasteiger partial charge in [0.05, 0.1) is 0 Å². The van der Waals surface area contributed by atoms with Crippen molar-refractivity contribution in [3.05, 3.63) is 0 Å². The van der Waals surface area contributed by atoms with E-state index in [0.29, 0.717) is 6.04 Å². The standard InChI is InChI=1S/C12H21NO2/c1-12(2,3)15-11(14)13-8-9-5-4-6-10(13)7-9/h9-10H,4-8H2,1-3H3. The second kappa shape index (κ2) is 3.69. The Morgan fingerprint density at radius 2 is 2.07 bits per heavy atom. The number of amides is 1. The van der Waals surface area contributed by atoms with Gasteiger partial charge in [-0.1, -0.05) is 6.42 Å². The van der Waals surface area contributed by atoms with Gasteiger partial charge in [0.1, 0.15) is 5.60 Å². The third-order valence-electron chi connectivity index (χ3n) is 3.28. The fraction of sp³-hybridized carbons (Fsp3) is 0.917. The van der Waals surface area contributed by atoms with Crippen molar-refractivity contribution in [2.75, 3.05) is 6.54 Å². The highest BCUT2D eigenvalue weighted by Gasteiger charge is 2.39. The average molecular weight is 211 g/mol. The van der Waals surface area contributed by atoms with E-state index in [-0.39, 0.29) is 11.7 Å². The minimum absolute atomic E-state index is 0.114. The van der Waals surface area contributed by atoms with E-state index >= 15 is 0 Å². The van der Waals surface area contributed by atoms with Crippen molar-refractivity contribution in [2.24, 2.45) is 5.92 Å². The van der Waals surface area contributed by atoms with Gasteiger partial charge >= 0.3 is 6.09 Å². The van der Waals surface area contributed by atoms with Crippen molar-refractivity contribution in [3.63, 3.8) is 0 Å². The molecule has 0 N–H and O–H groups in total. The molecule has 1 aliphatic heterocycles. The molecular weight excluding hydrogens is 190 g/mol. The van der Waals surface area contributed by atoms with Crippen LogP contribution in [0.1, 0.15) is 46.5 Å². The van der Waals surface area contributed by atoms with Gasteiger partial charge in [-0.2, -0.15) is 0 Å². The summed E-state index contributed by atoms with van der Waals surface area (Å²) in [7, 11) is 0. The minimum Gasteiger partial charge on any atom is -0.444 e. The molecule has 3 heteroatoms. The largest absolute Gasteiger partial charge is 0.444 e. The van der Waals surface area contributed by atoms with Gasteiger partial charge in [0.15, 0.2) is 0 Å². The molecule has 1 aliphatic carbocycles. The van der Waals surface area contributed by atoms with Gasteiger partial charge in [0.2, 0.25) is 0 Å². The second-order valence-electron chi connectivity index (χ2n) is 5.82. The predicted octanol–water partition coefficient (Wildman–Crippen LogP) is 2.80. The van der Waals surface area contributed by atoms with Crippen LogP contribution in [0.25, 0.3) is 0 Å². The summed E-state index contributed by atoms with van der Waals surface area (Å²) in [6.07, 6.45) is 4.80. The number of hydrogen-bond donors (Lipinski definition) is 0. The van der Waals surface area contributed by atoms with E-state index in [9.17, 15) is 4.79 Å². The van der Waals surface area contributed by atoms with E-state index in [1.165, 1.54) is 19.3 Å². The summed E-state index contributed by atoms with van der Waals surface area (Å²) in [6, 6.07) is 0.457. The Bertz CT molecular complexity index is 257. The lowest BCUT2D eigenvalue weighted by Crippen LogP contribution is -2.39. The highest BCUT2D eigenvalue weighted by Crippen LogP contribution is 2.35. The molecule has 15 heavy (non-hydrogen) atoms. The van der Waals surface area contributed by atoms with E-state index < -0.39 is 0 Å². The maximum Gasteiger partial charge on any atom is 0.410 e. The van der Waals surface area contributed by atoms with Crippen LogP contribution in [0, 0.1) is 5.92 Å². The lowest BCUT2D eigenvalue weighted by molar-refractivity contribution is 0.0223. The van der Waals surface area contributed by atoms with E-state index in [4.69, 9.17) is 4.74 Å². The van der Waals surface area contributed by atoms with Crippen LogP contribution in [0.4, 0.5) is 4.79 Å². The van der Waals surface area contributed by atoms with Crippen LogP contribution >= 0.6 is 0 Å². The average Bonchev–Trinajstić information content (AvgIpc) is 2.38. The Morgan fingerprint density at radius 3 is 2.67 bits per heavy atom. The Labute approximate surface area is 91.8 Å². The highest BCUT2D eigenvalue weighted by molar-refractivity contribution is 5.69. The van der Waals surface area contributed by atoms with Crippen LogP contribution in [0.2, 0.25) is 0 Å². The third kappa shape index (κ3) is 2.44.